The number of hydrogen-bond acceptors (Lipinski definition) is 2. The summed E-state index contributed by atoms with van der Waals surface area (Å²) in [6.07, 6.45) is 6.30. The van der Waals surface area contributed by atoms with Gasteiger partial charge in [-0.25, -0.2) is 0 Å². The van der Waals surface area contributed by atoms with Crippen LogP contribution < -0.4 is 11.1 Å². The maximum absolute atomic E-state index is 10.9. The van der Waals surface area contributed by atoms with Gasteiger partial charge in [-0.1, -0.05) is 18.6 Å². The molecule has 0 atom stereocenters. The second-order valence-electron chi connectivity index (χ2n) is 5.15. The Hall–Kier alpha value is -1.35. The van der Waals surface area contributed by atoms with Gasteiger partial charge in [0.25, 0.3) is 0 Å². The Balaban J connectivity index is 1.74. The van der Waals surface area contributed by atoms with Gasteiger partial charge in [0.05, 0.1) is 0 Å². The molecule has 1 heterocycles. The fourth-order valence-electron chi connectivity index (χ4n) is 2.60. The lowest BCUT2D eigenvalue weighted by Gasteiger charge is -2.22. The molecule has 1 aliphatic heterocycles. The van der Waals surface area contributed by atoms with E-state index in [2.05, 4.69) is 5.32 Å². The van der Waals surface area contributed by atoms with Gasteiger partial charge >= 0.3 is 0 Å². The lowest BCUT2D eigenvalue weighted by atomic mass is 9.91. The summed E-state index contributed by atoms with van der Waals surface area (Å²) in [6, 6.07) is 7.68. The van der Waals surface area contributed by atoms with E-state index in [1.54, 1.807) is 0 Å². The van der Waals surface area contributed by atoms with Gasteiger partial charge in [0.1, 0.15) is 0 Å². The van der Waals surface area contributed by atoms with Crippen LogP contribution >= 0.6 is 0 Å². The molecule has 2 rings (SSSR count). The van der Waals surface area contributed by atoms with Crippen molar-refractivity contribution in [2.75, 3.05) is 13.1 Å². The summed E-state index contributed by atoms with van der Waals surface area (Å²) >= 11 is 0. The Bertz CT molecular complexity index is 380. The third kappa shape index (κ3) is 3.84. The van der Waals surface area contributed by atoms with Crippen LogP contribution in [0.15, 0.2) is 24.3 Å². The lowest BCUT2D eigenvalue weighted by Crippen LogP contribution is -2.27. The van der Waals surface area contributed by atoms with E-state index in [4.69, 9.17) is 5.73 Å². The average Bonchev–Trinajstić information content (AvgIpc) is 2.40. The molecule has 18 heavy (non-hydrogen) atoms. The lowest BCUT2D eigenvalue weighted by molar-refractivity contribution is 0.100. The number of hydrogen-bond donors (Lipinski definition) is 2. The number of carbonyl (C=O) groups excluding carboxylic acids is 1. The second-order valence-corrected chi connectivity index (χ2v) is 5.15. The number of carbonyl (C=O) groups is 1. The minimum Gasteiger partial charge on any atom is -0.366 e. The maximum atomic E-state index is 10.9. The molecule has 0 aromatic heterocycles. The molecule has 1 fully saturated rings. The van der Waals surface area contributed by atoms with E-state index < -0.39 is 0 Å². The Labute approximate surface area is 109 Å². The molecule has 3 N–H and O–H groups in total. The predicted molar refractivity (Wildman–Crippen MR) is 73.5 cm³/mol. The molecule has 3 heteroatoms. The molecule has 3 nitrogen and oxygen atoms in total. The van der Waals surface area contributed by atoms with Crippen LogP contribution in [0.3, 0.4) is 0 Å². The summed E-state index contributed by atoms with van der Waals surface area (Å²) < 4.78 is 0. The molecule has 1 aromatic rings. The first-order valence-electron chi connectivity index (χ1n) is 6.85. The van der Waals surface area contributed by atoms with E-state index in [0.29, 0.717) is 5.56 Å². The molecule has 1 aromatic carbocycles. The molecule has 0 saturated carbocycles. The molecule has 0 unspecified atom stereocenters. The number of rotatable bonds is 5. The smallest absolute Gasteiger partial charge is 0.248 e. The number of piperidine rings is 1. The zero-order chi connectivity index (χ0) is 12.8. The van der Waals surface area contributed by atoms with E-state index in [9.17, 15) is 4.79 Å². The number of benzene rings is 1. The molecule has 1 amide bonds. The minimum atomic E-state index is -0.351. The molecule has 1 saturated heterocycles. The van der Waals surface area contributed by atoms with Gasteiger partial charge in [-0.15, -0.1) is 0 Å². The van der Waals surface area contributed by atoms with Crippen molar-refractivity contribution in [3.63, 3.8) is 0 Å². The zero-order valence-electron chi connectivity index (χ0n) is 10.8. The Morgan fingerprint density at radius 2 is 1.89 bits per heavy atom. The summed E-state index contributed by atoms with van der Waals surface area (Å²) in [5, 5.41) is 3.40. The topological polar surface area (TPSA) is 55.1 Å². The normalized spacial score (nSPS) is 16.7. The van der Waals surface area contributed by atoms with Crippen molar-refractivity contribution in [3.8, 4) is 0 Å². The molecular formula is C15H22N2O. The fraction of sp³-hybridized carbons (Fsp3) is 0.533. The van der Waals surface area contributed by atoms with Gasteiger partial charge in [-0.2, -0.15) is 0 Å². The highest BCUT2D eigenvalue weighted by Gasteiger charge is 2.12. The highest BCUT2D eigenvalue weighted by Crippen LogP contribution is 2.19. The standard InChI is InChI=1S/C15H22N2O/c16-15(18)14-6-4-12(5-7-14)2-1-3-13-8-10-17-11-9-13/h4-7,13,17H,1-3,8-11H2,(H2,16,18). The van der Waals surface area contributed by atoms with Crippen molar-refractivity contribution in [1.82, 2.24) is 5.32 Å². The van der Waals surface area contributed by atoms with Crippen molar-refractivity contribution >= 4 is 5.91 Å². The quantitative estimate of drug-likeness (QED) is 0.836. The monoisotopic (exact) mass is 246 g/mol. The van der Waals surface area contributed by atoms with Gasteiger partial charge < -0.3 is 11.1 Å². The highest BCUT2D eigenvalue weighted by atomic mass is 16.1. The number of aryl methyl sites for hydroxylation is 1. The third-order valence-electron chi connectivity index (χ3n) is 3.78. The van der Waals surface area contributed by atoms with E-state index in [1.807, 2.05) is 24.3 Å². The van der Waals surface area contributed by atoms with Crippen molar-refractivity contribution in [3.05, 3.63) is 35.4 Å². The number of amides is 1. The van der Waals surface area contributed by atoms with Crippen LogP contribution in [-0.2, 0) is 6.42 Å². The largest absolute Gasteiger partial charge is 0.366 e. The molecule has 0 radical (unpaired) electrons. The summed E-state index contributed by atoms with van der Waals surface area (Å²) in [5.74, 6) is 0.549. The van der Waals surface area contributed by atoms with Crippen LogP contribution in [0.2, 0.25) is 0 Å². The predicted octanol–water partition coefficient (Wildman–Crippen LogP) is 2.11. The molecular weight excluding hydrogens is 224 g/mol. The van der Waals surface area contributed by atoms with Crippen LogP contribution in [0.1, 0.15) is 41.6 Å². The van der Waals surface area contributed by atoms with Crippen molar-refractivity contribution in [2.24, 2.45) is 11.7 Å². The van der Waals surface area contributed by atoms with Crippen molar-refractivity contribution in [1.29, 1.82) is 0 Å². The van der Waals surface area contributed by atoms with Gasteiger partial charge in [-0.3, -0.25) is 4.79 Å². The minimum absolute atomic E-state index is 0.351. The molecule has 0 aliphatic carbocycles. The van der Waals surface area contributed by atoms with Gasteiger partial charge in [0, 0.05) is 5.56 Å². The zero-order valence-corrected chi connectivity index (χ0v) is 10.8. The third-order valence-corrected chi connectivity index (χ3v) is 3.78. The van der Waals surface area contributed by atoms with E-state index in [1.165, 1.54) is 44.3 Å². The SMILES string of the molecule is NC(=O)c1ccc(CCCC2CCNCC2)cc1. The Kier molecular flexibility index (Phi) is 4.76. The van der Waals surface area contributed by atoms with Crippen LogP contribution in [0.4, 0.5) is 0 Å². The Morgan fingerprint density at radius 1 is 1.22 bits per heavy atom. The summed E-state index contributed by atoms with van der Waals surface area (Å²) in [7, 11) is 0. The van der Waals surface area contributed by atoms with Gasteiger partial charge in [-0.05, 0) is 62.4 Å². The number of primary amides is 1. The molecule has 98 valence electrons. The first kappa shape index (κ1) is 13.1. The van der Waals surface area contributed by atoms with Gasteiger partial charge in [0.2, 0.25) is 5.91 Å². The first-order chi connectivity index (χ1) is 8.75. The molecule has 1 aliphatic rings. The maximum Gasteiger partial charge on any atom is 0.248 e. The van der Waals surface area contributed by atoms with E-state index >= 15 is 0 Å². The number of nitrogens with one attached hydrogen (secondary N) is 1. The van der Waals surface area contributed by atoms with E-state index in [-0.39, 0.29) is 5.91 Å². The van der Waals surface area contributed by atoms with Crippen LogP contribution in [-0.4, -0.2) is 19.0 Å². The van der Waals surface area contributed by atoms with E-state index in [0.717, 1.165) is 12.3 Å². The van der Waals surface area contributed by atoms with Crippen LogP contribution in [0, 0.1) is 5.92 Å². The summed E-state index contributed by atoms with van der Waals surface area (Å²) in [6.45, 7) is 2.36. The molecule has 0 spiro atoms. The highest BCUT2D eigenvalue weighted by molar-refractivity contribution is 5.92. The van der Waals surface area contributed by atoms with Crippen LogP contribution in [0.25, 0.3) is 0 Å². The summed E-state index contributed by atoms with van der Waals surface area (Å²) in [5.41, 5.74) is 7.11. The van der Waals surface area contributed by atoms with Gasteiger partial charge in [0.15, 0.2) is 0 Å². The van der Waals surface area contributed by atoms with Crippen molar-refractivity contribution in [2.45, 2.75) is 32.1 Å². The number of nitrogens with two attached hydrogens (primary N) is 1. The van der Waals surface area contributed by atoms with Crippen LogP contribution in [0.5, 0.6) is 0 Å². The Morgan fingerprint density at radius 3 is 2.50 bits per heavy atom. The van der Waals surface area contributed by atoms with Crippen molar-refractivity contribution < 1.29 is 4.79 Å². The average molecular weight is 246 g/mol. The first-order valence-corrected chi connectivity index (χ1v) is 6.85. The molecule has 0 bridgehead atoms. The summed E-state index contributed by atoms with van der Waals surface area (Å²) in [4.78, 5) is 10.9. The fourth-order valence-corrected chi connectivity index (χ4v) is 2.60. The second kappa shape index (κ2) is 6.55.